The Hall–Kier alpha value is -1.44. The third kappa shape index (κ3) is 10.2. The topological polar surface area (TPSA) is 125 Å². The van der Waals surface area contributed by atoms with Gasteiger partial charge in [0.2, 0.25) is 0 Å². The number of hydrogen-bond donors (Lipinski definition) is 0. The van der Waals surface area contributed by atoms with Crippen molar-refractivity contribution in [1.82, 2.24) is 14.7 Å². The third-order valence-corrected chi connectivity index (χ3v) is 7.78. The monoisotopic (exact) mass is 585 g/mol. The SMILES string of the molecule is C1N2CN3CN1CP(C2)C3.C[C@H](N=C([O-])C[C]1[CH][CH][CH][CH][CH]1)c1ccccc1.O=C([O-])C(=O)[O-].[Ru+3]. The van der Waals surface area contributed by atoms with Crippen LogP contribution in [0.5, 0.6) is 0 Å². The van der Waals surface area contributed by atoms with Gasteiger partial charge in [0.05, 0.1) is 38.0 Å². The maximum Gasteiger partial charge on any atom is 3.00 e. The zero-order chi connectivity index (χ0) is 24.5. The van der Waals surface area contributed by atoms with Crippen molar-refractivity contribution in [2.24, 2.45) is 4.99 Å². The van der Waals surface area contributed by atoms with Gasteiger partial charge in [-0.15, -0.1) is 0 Å². The molecule has 4 saturated heterocycles. The molecule has 1 aromatic carbocycles. The normalized spacial score (nSPS) is 27.9. The molecule has 7 radical (unpaired) electrons. The van der Waals surface area contributed by atoms with Gasteiger partial charge in [-0.05, 0) is 62.8 Å². The van der Waals surface area contributed by atoms with Crippen molar-refractivity contribution < 1.29 is 44.4 Å². The summed E-state index contributed by atoms with van der Waals surface area (Å²) in [4.78, 5) is 29.8. The van der Waals surface area contributed by atoms with Gasteiger partial charge in [0, 0.05) is 18.9 Å². The van der Waals surface area contributed by atoms with Crippen LogP contribution in [-0.2, 0) is 29.1 Å². The van der Waals surface area contributed by atoms with E-state index in [2.05, 4.69) is 19.7 Å². The summed E-state index contributed by atoms with van der Waals surface area (Å²) in [6, 6.07) is 9.78. The molecule has 0 N–H and O–H groups in total. The summed E-state index contributed by atoms with van der Waals surface area (Å²) < 4.78 is 0. The van der Waals surface area contributed by atoms with E-state index in [0.29, 0.717) is 14.3 Å². The Morgan fingerprint density at radius 3 is 1.80 bits per heavy atom. The first-order chi connectivity index (χ1) is 16.3. The Morgan fingerprint density at radius 1 is 0.886 bits per heavy atom. The summed E-state index contributed by atoms with van der Waals surface area (Å²) in [5, 5.41) is 29.7. The minimum absolute atomic E-state index is 0. The van der Waals surface area contributed by atoms with Crippen molar-refractivity contribution >= 4 is 25.8 Å². The Morgan fingerprint density at radius 2 is 1.37 bits per heavy atom. The maximum absolute atomic E-state index is 11.8. The van der Waals surface area contributed by atoms with E-state index in [1.807, 2.05) is 69.4 Å². The fraction of sp³-hybridized carbons (Fsp3) is 0.375. The number of aliphatic imine (C=N–C) groups is 1. The van der Waals surface area contributed by atoms with E-state index in [9.17, 15) is 5.11 Å². The van der Waals surface area contributed by atoms with Crippen LogP contribution >= 0.6 is 7.92 Å². The van der Waals surface area contributed by atoms with Crippen LogP contribution < -0.4 is 15.3 Å². The molecule has 11 heteroatoms. The second-order valence-electron chi connectivity index (χ2n) is 8.38. The van der Waals surface area contributed by atoms with E-state index in [0.717, 1.165) is 11.5 Å². The first-order valence-corrected chi connectivity index (χ1v) is 12.8. The second-order valence-corrected chi connectivity index (χ2v) is 10.6. The van der Waals surface area contributed by atoms with Gasteiger partial charge in [-0.3, -0.25) is 19.7 Å². The molecule has 0 amide bonds. The van der Waals surface area contributed by atoms with Crippen molar-refractivity contribution in [3.05, 3.63) is 73.9 Å². The minimum atomic E-state index is -2.19. The molecular weight excluding hydrogens is 556 g/mol. The number of carboxylic acids is 2. The number of hydrogen-bond acceptors (Lipinski definition) is 9. The molecule has 5 aliphatic rings. The number of rotatable bonds is 4. The summed E-state index contributed by atoms with van der Waals surface area (Å²) in [5.41, 5.74) is 1.07. The van der Waals surface area contributed by atoms with E-state index in [1.54, 1.807) is 0 Å². The van der Waals surface area contributed by atoms with Crippen LogP contribution in [0.25, 0.3) is 0 Å². The second kappa shape index (κ2) is 15.0. The Balaban J connectivity index is 0.000000212. The quantitative estimate of drug-likeness (QED) is 0.147. The van der Waals surface area contributed by atoms with E-state index in [4.69, 9.17) is 19.8 Å². The average molecular weight is 585 g/mol. The summed E-state index contributed by atoms with van der Waals surface area (Å²) in [6.07, 6.45) is 14.3. The number of nitrogens with zero attached hydrogens (tertiary/aromatic N) is 4. The van der Waals surface area contributed by atoms with Gasteiger partial charge >= 0.3 is 19.5 Å². The van der Waals surface area contributed by atoms with Crippen LogP contribution in [0.2, 0.25) is 0 Å². The van der Waals surface area contributed by atoms with Gasteiger partial charge in [0.1, 0.15) is 0 Å². The fourth-order valence-electron chi connectivity index (χ4n) is 4.07. The average Bonchev–Trinajstić information content (AvgIpc) is 2.80. The molecular formula is C24H28N4O5PRu. The predicted octanol–water partition coefficient (Wildman–Crippen LogP) is -0.850. The molecule has 1 aromatic rings. The Labute approximate surface area is 221 Å². The zero-order valence-corrected chi connectivity index (χ0v) is 22.1. The first kappa shape index (κ1) is 29.8. The minimum Gasteiger partial charge on any atom is -0.862 e. The summed E-state index contributed by atoms with van der Waals surface area (Å²) in [7, 11) is 0.366. The number of carbonyl (C=O) groups excluding carboxylic acids is 2. The van der Waals surface area contributed by atoms with Gasteiger partial charge in [-0.25, -0.2) is 0 Å². The smallest absolute Gasteiger partial charge is 0.862 e. The predicted molar refractivity (Wildman–Crippen MR) is 123 cm³/mol. The van der Waals surface area contributed by atoms with E-state index >= 15 is 0 Å². The van der Waals surface area contributed by atoms with E-state index < -0.39 is 11.9 Å². The van der Waals surface area contributed by atoms with Crippen molar-refractivity contribution in [3.63, 3.8) is 0 Å². The van der Waals surface area contributed by atoms with Crippen molar-refractivity contribution in [2.75, 3.05) is 38.9 Å². The molecule has 187 valence electrons. The third-order valence-electron chi connectivity index (χ3n) is 5.38. The van der Waals surface area contributed by atoms with Gasteiger partial charge < -0.3 is 24.9 Å². The van der Waals surface area contributed by atoms with Crippen molar-refractivity contribution in [3.8, 4) is 0 Å². The largest absolute Gasteiger partial charge is 3.00 e. The van der Waals surface area contributed by atoms with Gasteiger partial charge in [-0.1, -0.05) is 38.3 Å². The van der Waals surface area contributed by atoms with E-state index in [1.165, 1.54) is 38.9 Å². The molecule has 1 atom stereocenters. The first-order valence-electron chi connectivity index (χ1n) is 10.9. The standard InChI is InChI=1S/C16H17NO.C6H12N3P.C2H2O4.Ru/c1-13(15-10-6-3-7-11-15)17-16(18)12-14-8-4-2-5-9-14;1-7-2-9-3-8(1)5-10(4-7)6-9;3-1(4)2(5)6;/h2-11,13H,12H2,1H3,(H,17,18);1-6H2;(H,3,4)(H,5,6);/q;;;+3/p-3/t13-;;;/m0.../s1. The van der Waals surface area contributed by atoms with Crippen LogP contribution in [0, 0.1) is 38.0 Å². The van der Waals surface area contributed by atoms with Crippen molar-refractivity contribution in [2.45, 2.75) is 19.4 Å². The van der Waals surface area contributed by atoms with Crippen LogP contribution in [0.4, 0.5) is 0 Å². The zero-order valence-electron chi connectivity index (χ0n) is 19.4. The number of benzene rings is 1. The summed E-state index contributed by atoms with van der Waals surface area (Å²) in [6.45, 7) is 5.68. The van der Waals surface area contributed by atoms with Gasteiger partial charge in [0.25, 0.3) is 0 Å². The summed E-state index contributed by atoms with van der Waals surface area (Å²) in [5.74, 6) is -3.44. The Kier molecular flexibility index (Phi) is 12.7. The van der Waals surface area contributed by atoms with Gasteiger partial charge in [-0.2, -0.15) is 0 Å². The molecule has 0 aromatic heterocycles. The molecule has 4 heterocycles. The number of carbonyl (C=O) groups is 2. The van der Waals surface area contributed by atoms with Crippen LogP contribution in [0.1, 0.15) is 24.9 Å². The number of aliphatic carboxylic acids is 2. The molecule has 9 nitrogen and oxygen atoms in total. The molecule has 4 bridgehead atoms. The maximum atomic E-state index is 11.8. The van der Waals surface area contributed by atoms with E-state index in [-0.39, 0.29) is 31.4 Å². The molecule has 0 spiro atoms. The molecule has 1 aliphatic carbocycles. The Bertz CT molecular complexity index is 770. The molecule has 4 aliphatic heterocycles. The molecule has 35 heavy (non-hydrogen) atoms. The van der Waals surface area contributed by atoms with Crippen LogP contribution in [0.3, 0.4) is 0 Å². The molecule has 5 fully saturated rings. The fourth-order valence-corrected chi connectivity index (χ4v) is 6.57. The van der Waals surface area contributed by atoms with Crippen molar-refractivity contribution in [1.29, 1.82) is 0 Å². The van der Waals surface area contributed by atoms with Crippen LogP contribution in [0.15, 0.2) is 35.3 Å². The van der Waals surface area contributed by atoms with Crippen LogP contribution in [-0.4, -0.2) is 71.4 Å². The number of carboxylic acid groups (broad SMARTS) is 2. The van der Waals surface area contributed by atoms with Gasteiger partial charge in [0.15, 0.2) is 0 Å². The molecule has 0 unspecified atom stereocenters. The summed E-state index contributed by atoms with van der Waals surface area (Å²) >= 11 is 0. The molecule has 6 rings (SSSR count). The molecule has 1 saturated carbocycles.